The first-order chi connectivity index (χ1) is 7.75. The maximum Gasteiger partial charge on any atom is 0.217 e. The van der Waals surface area contributed by atoms with E-state index in [-0.39, 0.29) is 5.78 Å². The quantitative estimate of drug-likeness (QED) is 0.502. The molecule has 0 spiro atoms. The van der Waals surface area contributed by atoms with Gasteiger partial charge in [0.1, 0.15) is 0 Å². The molecule has 90 valence electrons. The highest BCUT2D eigenvalue weighted by Crippen LogP contribution is 2.06. The third kappa shape index (κ3) is 4.08. The van der Waals surface area contributed by atoms with Crippen molar-refractivity contribution in [3.8, 4) is 0 Å². The molecule has 5 nitrogen and oxygen atoms in total. The fourth-order valence-corrected chi connectivity index (χ4v) is 1.65. The second kappa shape index (κ2) is 7.09. The molecule has 1 aromatic rings. The van der Waals surface area contributed by atoms with Gasteiger partial charge in [0.25, 0.3) is 0 Å². The number of unbranched alkanes of at least 4 members (excludes halogenated alkanes) is 5. The van der Waals surface area contributed by atoms with Crippen LogP contribution in [0.4, 0.5) is 0 Å². The molecular weight excluding hydrogens is 204 g/mol. The van der Waals surface area contributed by atoms with E-state index < -0.39 is 0 Å². The average Bonchev–Trinajstić information content (AvgIpc) is 2.71. The Morgan fingerprint density at radius 2 is 1.88 bits per heavy atom. The smallest absolute Gasteiger partial charge is 0.217 e. The number of hydrogen-bond acceptors (Lipinski definition) is 4. The van der Waals surface area contributed by atoms with Gasteiger partial charge in [-0.3, -0.25) is 4.79 Å². The van der Waals surface area contributed by atoms with Gasteiger partial charge in [-0.15, -0.1) is 5.10 Å². The van der Waals surface area contributed by atoms with Gasteiger partial charge < -0.3 is 0 Å². The van der Waals surface area contributed by atoms with Crippen molar-refractivity contribution in [1.29, 1.82) is 0 Å². The lowest BCUT2D eigenvalue weighted by Crippen LogP contribution is -2.09. The number of carbonyl (C=O) groups excluding carboxylic acids is 1. The van der Waals surface area contributed by atoms with E-state index in [1.54, 1.807) is 4.68 Å². The number of hydrogen-bond donors (Lipinski definition) is 0. The molecule has 0 aromatic carbocycles. The molecule has 0 atom stereocenters. The van der Waals surface area contributed by atoms with Gasteiger partial charge in [0.15, 0.2) is 5.78 Å². The minimum atomic E-state index is -0.0732. The summed E-state index contributed by atoms with van der Waals surface area (Å²) in [5.41, 5.74) is 0. The van der Waals surface area contributed by atoms with Crippen LogP contribution in [-0.4, -0.2) is 26.0 Å². The molecule has 0 aliphatic carbocycles. The van der Waals surface area contributed by atoms with Crippen molar-refractivity contribution in [1.82, 2.24) is 20.2 Å². The Labute approximate surface area is 96.2 Å². The van der Waals surface area contributed by atoms with Crippen LogP contribution < -0.4 is 0 Å². The van der Waals surface area contributed by atoms with E-state index in [1.165, 1.54) is 39.0 Å². The van der Waals surface area contributed by atoms with Crippen molar-refractivity contribution in [2.45, 2.75) is 58.9 Å². The molecule has 0 radical (unpaired) electrons. The third-order valence-corrected chi connectivity index (χ3v) is 2.57. The molecule has 0 unspecified atom stereocenters. The molecule has 1 heterocycles. The number of nitrogens with zero attached hydrogens (tertiary/aromatic N) is 4. The summed E-state index contributed by atoms with van der Waals surface area (Å²) >= 11 is 0. The van der Waals surface area contributed by atoms with Crippen LogP contribution in [0.15, 0.2) is 0 Å². The summed E-state index contributed by atoms with van der Waals surface area (Å²) in [6.07, 6.45) is 7.34. The Morgan fingerprint density at radius 1 is 1.19 bits per heavy atom. The van der Waals surface area contributed by atoms with Crippen molar-refractivity contribution in [2.24, 2.45) is 0 Å². The Bertz CT molecular complexity index is 322. The third-order valence-electron chi connectivity index (χ3n) is 2.57. The van der Waals surface area contributed by atoms with Crippen LogP contribution >= 0.6 is 0 Å². The molecule has 0 saturated heterocycles. The van der Waals surface area contributed by atoms with Crippen molar-refractivity contribution in [2.75, 3.05) is 0 Å². The van der Waals surface area contributed by atoms with Gasteiger partial charge in [-0.05, 0) is 16.8 Å². The second-order valence-corrected chi connectivity index (χ2v) is 4.05. The molecule has 1 aromatic heterocycles. The second-order valence-electron chi connectivity index (χ2n) is 4.05. The first-order valence-electron chi connectivity index (χ1n) is 6.02. The predicted octanol–water partition coefficient (Wildman–Crippen LogP) is 2.24. The topological polar surface area (TPSA) is 60.7 Å². The van der Waals surface area contributed by atoms with Gasteiger partial charge in [-0.2, -0.15) is 0 Å². The zero-order chi connectivity index (χ0) is 11.8. The number of aryl methyl sites for hydroxylation is 1. The number of rotatable bonds is 8. The van der Waals surface area contributed by atoms with Crippen LogP contribution in [0.2, 0.25) is 0 Å². The van der Waals surface area contributed by atoms with Gasteiger partial charge in [-0.1, -0.05) is 39.0 Å². The van der Waals surface area contributed by atoms with E-state index in [1.807, 2.05) is 0 Å². The van der Waals surface area contributed by atoms with E-state index >= 15 is 0 Å². The monoisotopic (exact) mass is 224 g/mol. The molecule has 0 N–H and O–H groups in total. The van der Waals surface area contributed by atoms with Gasteiger partial charge in [-0.25, -0.2) is 4.68 Å². The molecule has 0 aliphatic rings. The lowest BCUT2D eigenvalue weighted by atomic mass is 10.1. The molecule has 5 heteroatoms. The number of Topliss-reactive ketones (excluding diaryl/α,β-unsaturated/α-hetero) is 1. The van der Waals surface area contributed by atoms with Crippen LogP contribution in [0.3, 0.4) is 0 Å². The van der Waals surface area contributed by atoms with Gasteiger partial charge >= 0.3 is 0 Å². The fraction of sp³-hybridized carbons (Fsp3) is 0.818. The highest BCUT2D eigenvalue weighted by molar-refractivity contribution is 5.90. The largest absolute Gasteiger partial charge is 0.291 e. The zero-order valence-corrected chi connectivity index (χ0v) is 10.1. The van der Waals surface area contributed by atoms with E-state index in [9.17, 15) is 4.79 Å². The van der Waals surface area contributed by atoms with Crippen molar-refractivity contribution in [3.05, 3.63) is 5.82 Å². The van der Waals surface area contributed by atoms with Crippen LogP contribution in [0, 0.1) is 0 Å². The van der Waals surface area contributed by atoms with E-state index in [0.717, 1.165) is 13.0 Å². The molecule has 0 aliphatic heterocycles. The number of tetrazole rings is 1. The Hall–Kier alpha value is -1.26. The maximum atomic E-state index is 11.1. The van der Waals surface area contributed by atoms with Gasteiger partial charge in [0.2, 0.25) is 5.82 Å². The van der Waals surface area contributed by atoms with Crippen molar-refractivity contribution in [3.63, 3.8) is 0 Å². The first-order valence-corrected chi connectivity index (χ1v) is 6.02. The Balaban J connectivity index is 2.21. The number of carbonyl (C=O) groups is 1. The molecule has 0 bridgehead atoms. The summed E-state index contributed by atoms with van der Waals surface area (Å²) in [4.78, 5) is 11.1. The van der Waals surface area contributed by atoms with Crippen LogP contribution in [-0.2, 0) is 6.54 Å². The normalized spacial score (nSPS) is 10.6. The summed E-state index contributed by atoms with van der Waals surface area (Å²) in [5, 5.41) is 11.0. The average molecular weight is 224 g/mol. The van der Waals surface area contributed by atoms with Crippen molar-refractivity contribution >= 4 is 5.78 Å². The Morgan fingerprint density at radius 3 is 2.56 bits per heavy atom. The van der Waals surface area contributed by atoms with E-state index in [0.29, 0.717) is 5.82 Å². The zero-order valence-electron chi connectivity index (χ0n) is 10.1. The summed E-state index contributed by atoms with van der Waals surface area (Å²) in [7, 11) is 0. The molecule has 0 fully saturated rings. The predicted molar refractivity (Wildman–Crippen MR) is 61.2 cm³/mol. The maximum absolute atomic E-state index is 11.1. The summed E-state index contributed by atoms with van der Waals surface area (Å²) in [6, 6.07) is 0. The van der Waals surface area contributed by atoms with Gasteiger partial charge in [0.05, 0.1) is 0 Å². The molecule has 1 rings (SSSR count). The van der Waals surface area contributed by atoms with Crippen LogP contribution in [0.25, 0.3) is 0 Å². The lowest BCUT2D eigenvalue weighted by molar-refractivity contribution is 0.0997. The van der Waals surface area contributed by atoms with Crippen LogP contribution in [0.1, 0.15) is 63.0 Å². The van der Waals surface area contributed by atoms with E-state index in [4.69, 9.17) is 0 Å². The van der Waals surface area contributed by atoms with Gasteiger partial charge in [0, 0.05) is 13.5 Å². The number of aromatic nitrogens is 4. The summed E-state index contributed by atoms with van der Waals surface area (Å²) < 4.78 is 1.60. The first kappa shape index (κ1) is 12.8. The van der Waals surface area contributed by atoms with Crippen LogP contribution in [0.5, 0.6) is 0 Å². The summed E-state index contributed by atoms with van der Waals surface area (Å²) in [6.45, 7) is 4.44. The SMILES string of the molecule is CCCCCCCCn1nnnc1C(C)=O. The Kier molecular flexibility index (Phi) is 5.67. The van der Waals surface area contributed by atoms with E-state index in [2.05, 4.69) is 22.4 Å². The minimum absolute atomic E-state index is 0.0732. The molecular formula is C11H20N4O. The van der Waals surface area contributed by atoms with Crippen molar-refractivity contribution < 1.29 is 4.79 Å². The highest BCUT2D eigenvalue weighted by atomic mass is 16.1. The lowest BCUT2D eigenvalue weighted by Gasteiger charge is -2.02. The standard InChI is InChI=1S/C11H20N4O/c1-3-4-5-6-7-8-9-15-11(10(2)16)12-13-14-15/h3-9H2,1-2H3. The molecule has 0 saturated carbocycles. The highest BCUT2D eigenvalue weighted by Gasteiger charge is 2.09. The fourth-order valence-electron chi connectivity index (χ4n) is 1.65. The minimum Gasteiger partial charge on any atom is -0.291 e. The summed E-state index contributed by atoms with van der Waals surface area (Å²) in [5.74, 6) is 0.296. The number of ketones is 1. The molecule has 0 amide bonds. The molecule has 16 heavy (non-hydrogen) atoms.